The third-order valence-corrected chi connectivity index (χ3v) is 7.69. The monoisotopic (exact) mass is 556 g/mol. The van der Waals surface area contributed by atoms with Gasteiger partial charge < -0.3 is 14.3 Å². The van der Waals surface area contributed by atoms with Gasteiger partial charge in [-0.25, -0.2) is 9.78 Å². The maximum atomic E-state index is 13.7. The van der Waals surface area contributed by atoms with E-state index < -0.39 is 29.5 Å². The third-order valence-electron chi connectivity index (χ3n) is 5.81. The van der Waals surface area contributed by atoms with Crippen LogP contribution in [0.25, 0.3) is 11.0 Å². The van der Waals surface area contributed by atoms with Crippen molar-refractivity contribution in [2.24, 2.45) is 0 Å². The van der Waals surface area contributed by atoms with Crippen LogP contribution in [0.5, 0.6) is 0 Å². The Labute approximate surface area is 224 Å². The molecular weight excluding hydrogens is 539 g/mol. The molecule has 0 radical (unpaired) electrons. The number of Topliss-reactive ketones (excluding diaryl/α,β-unsaturated/α-hetero) is 1. The van der Waals surface area contributed by atoms with Gasteiger partial charge >= 0.3 is 5.97 Å². The van der Waals surface area contributed by atoms with Crippen molar-refractivity contribution < 1.29 is 28.6 Å². The molecular formula is C26H18Cl2N2O6S. The number of aliphatic hydroxyl groups excluding tert-OH is 1. The molecule has 3 heterocycles. The van der Waals surface area contributed by atoms with Crippen molar-refractivity contribution in [1.29, 1.82) is 0 Å². The number of aryl methyl sites for hydroxylation is 1. The Morgan fingerprint density at radius 3 is 2.62 bits per heavy atom. The molecule has 1 unspecified atom stereocenters. The van der Waals surface area contributed by atoms with Crippen LogP contribution >= 0.6 is 34.5 Å². The molecule has 11 heteroatoms. The quantitative estimate of drug-likeness (QED) is 0.214. The number of ketones is 1. The van der Waals surface area contributed by atoms with E-state index in [0.717, 1.165) is 16.2 Å². The van der Waals surface area contributed by atoms with E-state index in [-0.39, 0.29) is 38.0 Å². The molecule has 8 nitrogen and oxygen atoms in total. The number of esters is 1. The highest BCUT2D eigenvalue weighted by Gasteiger charge is 2.47. The van der Waals surface area contributed by atoms with Crippen molar-refractivity contribution >= 4 is 68.3 Å². The SMILES string of the molecule is CCOC(=O)c1sc(N2C(=O)C(O)=C(C(=O)c3cc4ccccc4o3)C2c2ccc(Cl)c(Cl)c2)nc1C. The minimum absolute atomic E-state index is 0.0509. The first kappa shape index (κ1) is 25.0. The molecule has 0 spiro atoms. The molecule has 188 valence electrons. The van der Waals surface area contributed by atoms with Gasteiger partial charge in [-0.15, -0.1) is 0 Å². The first-order valence-corrected chi connectivity index (χ1v) is 12.7. The predicted octanol–water partition coefficient (Wildman–Crippen LogP) is 6.46. The average Bonchev–Trinajstić information content (AvgIpc) is 3.55. The number of ether oxygens (including phenoxy) is 1. The molecule has 1 aliphatic rings. The summed E-state index contributed by atoms with van der Waals surface area (Å²) in [6.45, 7) is 3.45. The third kappa shape index (κ3) is 4.29. The summed E-state index contributed by atoms with van der Waals surface area (Å²) in [5.74, 6) is -2.94. The summed E-state index contributed by atoms with van der Waals surface area (Å²) in [4.78, 5) is 45.3. The highest BCUT2D eigenvalue weighted by atomic mass is 35.5. The van der Waals surface area contributed by atoms with E-state index in [1.807, 2.05) is 0 Å². The van der Waals surface area contributed by atoms with Crippen LogP contribution in [0.2, 0.25) is 10.0 Å². The van der Waals surface area contributed by atoms with Crippen LogP contribution in [-0.4, -0.2) is 34.4 Å². The van der Waals surface area contributed by atoms with E-state index >= 15 is 0 Å². The van der Waals surface area contributed by atoms with Crippen LogP contribution < -0.4 is 4.90 Å². The van der Waals surface area contributed by atoms with Crippen LogP contribution in [0.15, 0.2) is 64.3 Å². The van der Waals surface area contributed by atoms with Crippen molar-refractivity contribution in [2.45, 2.75) is 19.9 Å². The number of aliphatic hydroxyl groups is 1. The second-order valence-electron chi connectivity index (χ2n) is 8.12. The number of anilines is 1. The Balaban J connectivity index is 1.65. The summed E-state index contributed by atoms with van der Waals surface area (Å²) >= 11 is 13.3. The van der Waals surface area contributed by atoms with Crippen LogP contribution in [0.3, 0.4) is 0 Å². The van der Waals surface area contributed by atoms with Crippen molar-refractivity contribution in [3.63, 3.8) is 0 Å². The molecule has 37 heavy (non-hydrogen) atoms. The zero-order chi connectivity index (χ0) is 26.4. The number of fused-ring (bicyclic) bond motifs is 1. The maximum absolute atomic E-state index is 13.7. The first-order chi connectivity index (χ1) is 17.7. The van der Waals surface area contributed by atoms with Gasteiger partial charge in [-0.2, -0.15) is 0 Å². The number of hydrogen-bond acceptors (Lipinski definition) is 8. The standard InChI is InChI=1S/C26H18Cl2N2O6S/c1-3-35-25(34)23-12(2)29-26(37-23)30-20(14-8-9-15(27)16(28)10-14)19(22(32)24(30)33)21(31)18-11-13-6-4-5-7-17(13)36-18/h4-11,20,32H,3H2,1-2H3. The fraction of sp³-hybridized carbons (Fsp3) is 0.154. The minimum atomic E-state index is -1.12. The Bertz CT molecular complexity index is 1590. The van der Waals surface area contributed by atoms with Crippen LogP contribution in [0.1, 0.15) is 44.4 Å². The van der Waals surface area contributed by atoms with Crippen LogP contribution in [-0.2, 0) is 9.53 Å². The van der Waals surface area contributed by atoms with Gasteiger partial charge in [0.05, 0.1) is 34.0 Å². The zero-order valence-electron chi connectivity index (χ0n) is 19.5. The Morgan fingerprint density at radius 2 is 1.92 bits per heavy atom. The smallest absolute Gasteiger partial charge is 0.350 e. The fourth-order valence-corrected chi connectivity index (χ4v) is 5.42. The number of carbonyl (C=O) groups excluding carboxylic acids is 3. The molecule has 2 aromatic heterocycles. The number of benzene rings is 2. The van der Waals surface area contributed by atoms with Gasteiger partial charge in [-0.3, -0.25) is 14.5 Å². The Hall–Kier alpha value is -3.66. The van der Waals surface area contributed by atoms with E-state index in [2.05, 4.69) is 4.98 Å². The van der Waals surface area contributed by atoms with Crippen molar-refractivity contribution in [3.05, 3.63) is 91.8 Å². The average molecular weight is 557 g/mol. The molecule has 0 fully saturated rings. The summed E-state index contributed by atoms with van der Waals surface area (Å²) in [5.41, 5.74) is 1.01. The summed E-state index contributed by atoms with van der Waals surface area (Å²) in [7, 11) is 0. The van der Waals surface area contributed by atoms with E-state index in [4.69, 9.17) is 32.4 Å². The molecule has 4 aromatic rings. The number of thiazole rings is 1. The number of nitrogens with zero attached hydrogens (tertiary/aromatic N) is 2. The molecule has 1 N–H and O–H groups in total. The van der Waals surface area contributed by atoms with Crippen LogP contribution in [0, 0.1) is 6.92 Å². The number of halogens is 2. The topological polar surface area (TPSA) is 110 Å². The Kier molecular flexibility index (Phi) is 6.53. The second kappa shape index (κ2) is 9.66. The van der Waals surface area contributed by atoms with Gasteiger partial charge in [0.15, 0.2) is 16.7 Å². The van der Waals surface area contributed by atoms with E-state index in [1.54, 1.807) is 50.2 Å². The minimum Gasteiger partial charge on any atom is -0.503 e. The normalized spacial score (nSPS) is 15.6. The van der Waals surface area contributed by atoms with E-state index in [1.165, 1.54) is 12.1 Å². The Morgan fingerprint density at radius 1 is 1.16 bits per heavy atom. The number of amides is 1. The van der Waals surface area contributed by atoms with Crippen molar-refractivity contribution in [1.82, 2.24) is 4.98 Å². The fourth-order valence-electron chi connectivity index (χ4n) is 4.13. The van der Waals surface area contributed by atoms with Gasteiger partial charge in [-0.05, 0) is 43.7 Å². The number of aromatic nitrogens is 1. The van der Waals surface area contributed by atoms with Gasteiger partial charge in [0, 0.05) is 5.39 Å². The lowest BCUT2D eigenvalue weighted by molar-refractivity contribution is -0.117. The van der Waals surface area contributed by atoms with Gasteiger partial charge in [-0.1, -0.05) is 58.8 Å². The van der Waals surface area contributed by atoms with Crippen molar-refractivity contribution in [2.75, 3.05) is 11.5 Å². The molecule has 0 bridgehead atoms. The molecule has 5 rings (SSSR count). The van der Waals surface area contributed by atoms with Gasteiger partial charge in [0.1, 0.15) is 10.5 Å². The van der Waals surface area contributed by atoms with E-state index in [9.17, 15) is 19.5 Å². The number of carbonyl (C=O) groups is 3. The molecule has 0 saturated heterocycles. The molecule has 1 aliphatic heterocycles. The highest BCUT2D eigenvalue weighted by Crippen LogP contribution is 2.45. The largest absolute Gasteiger partial charge is 0.503 e. The number of hydrogen-bond donors (Lipinski definition) is 1. The predicted molar refractivity (Wildman–Crippen MR) is 140 cm³/mol. The molecule has 0 saturated carbocycles. The number of rotatable bonds is 6. The highest BCUT2D eigenvalue weighted by molar-refractivity contribution is 7.17. The summed E-state index contributed by atoms with van der Waals surface area (Å²) < 4.78 is 10.8. The lowest BCUT2D eigenvalue weighted by atomic mass is 9.95. The lowest BCUT2D eigenvalue weighted by Crippen LogP contribution is -2.31. The second-order valence-corrected chi connectivity index (χ2v) is 9.91. The number of para-hydroxylation sites is 1. The van der Waals surface area contributed by atoms with Crippen LogP contribution in [0.4, 0.5) is 5.13 Å². The zero-order valence-corrected chi connectivity index (χ0v) is 21.8. The molecule has 2 aromatic carbocycles. The number of furan rings is 1. The molecule has 1 atom stereocenters. The van der Waals surface area contributed by atoms with Gasteiger partial charge in [0.25, 0.3) is 5.91 Å². The van der Waals surface area contributed by atoms with Gasteiger partial charge in [0.2, 0.25) is 5.78 Å². The summed E-state index contributed by atoms with van der Waals surface area (Å²) in [6, 6.07) is 12.1. The first-order valence-electron chi connectivity index (χ1n) is 11.1. The maximum Gasteiger partial charge on any atom is 0.350 e. The lowest BCUT2D eigenvalue weighted by Gasteiger charge is -2.24. The summed E-state index contributed by atoms with van der Waals surface area (Å²) in [5, 5.41) is 12.2. The van der Waals surface area contributed by atoms with E-state index in [0.29, 0.717) is 22.2 Å². The molecule has 0 aliphatic carbocycles. The summed E-state index contributed by atoms with van der Waals surface area (Å²) in [6.07, 6.45) is 0. The molecule has 1 amide bonds. The van der Waals surface area contributed by atoms with Crippen molar-refractivity contribution in [3.8, 4) is 0 Å².